The maximum atomic E-state index is 13.2. The molecule has 39 heavy (non-hydrogen) atoms. The van der Waals surface area contributed by atoms with Gasteiger partial charge in [0.1, 0.15) is 5.52 Å². The number of methoxy groups -OCH3 is 2. The summed E-state index contributed by atoms with van der Waals surface area (Å²) in [5.41, 5.74) is 5.02. The van der Waals surface area contributed by atoms with E-state index in [1.165, 1.54) is 0 Å². The van der Waals surface area contributed by atoms with Crippen LogP contribution in [-0.2, 0) is 21.3 Å². The number of rotatable bonds is 9. The van der Waals surface area contributed by atoms with Crippen molar-refractivity contribution in [2.75, 3.05) is 40.5 Å². The van der Waals surface area contributed by atoms with Crippen molar-refractivity contribution in [3.63, 3.8) is 0 Å². The zero-order valence-corrected chi connectivity index (χ0v) is 23.0. The molecule has 2 atom stereocenters. The molecular weight excluding hydrogens is 496 g/mol. The minimum atomic E-state index is -0.0940. The quantitative estimate of drug-likeness (QED) is 0.323. The molecule has 1 aliphatic carbocycles. The van der Waals surface area contributed by atoms with Gasteiger partial charge in [-0.2, -0.15) is 0 Å². The topological polar surface area (TPSA) is 96.5 Å². The normalized spacial score (nSPS) is 22.5. The lowest BCUT2D eigenvalue weighted by molar-refractivity contribution is 0.00635. The second kappa shape index (κ2) is 10.8. The highest BCUT2D eigenvalue weighted by Crippen LogP contribution is 2.37. The SMILES string of the molecule is CO[C@@H]1CCN(CCO[C@H](C)c2ccc(-c3ccc4nnc5c(c4c3)n([C@H]3C[C@H](OC)C3)c(=O)n5C)cn2)C1. The number of pyridine rings is 1. The molecule has 0 radical (unpaired) electrons. The van der Waals surface area contributed by atoms with Crippen molar-refractivity contribution in [3.05, 3.63) is 52.7 Å². The van der Waals surface area contributed by atoms with E-state index in [2.05, 4.69) is 27.2 Å². The predicted molar refractivity (Wildman–Crippen MR) is 149 cm³/mol. The summed E-state index contributed by atoms with van der Waals surface area (Å²) in [6.07, 6.45) is 5.03. The van der Waals surface area contributed by atoms with E-state index in [0.29, 0.717) is 18.4 Å². The zero-order chi connectivity index (χ0) is 27.1. The van der Waals surface area contributed by atoms with Crippen LogP contribution in [0.3, 0.4) is 0 Å². The van der Waals surface area contributed by atoms with Crippen LogP contribution < -0.4 is 5.69 Å². The van der Waals surface area contributed by atoms with Crippen molar-refractivity contribution >= 4 is 22.1 Å². The molecule has 10 nitrogen and oxygen atoms in total. The van der Waals surface area contributed by atoms with E-state index in [4.69, 9.17) is 19.2 Å². The first-order chi connectivity index (χ1) is 19.0. The van der Waals surface area contributed by atoms with Crippen molar-refractivity contribution in [1.82, 2.24) is 29.2 Å². The molecule has 1 saturated carbocycles. The lowest BCUT2D eigenvalue weighted by Gasteiger charge is -2.34. The first-order valence-corrected chi connectivity index (χ1v) is 13.7. The summed E-state index contributed by atoms with van der Waals surface area (Å²) < 4.78 is 20.5. The Morgan fingerprint density at radius 2 is 1.85 bits per heavy atom. The van der Waals surface area contributed by atoms with Crippen LogP contribution in [0.4, 0.5) is 0 Å². The van der Waals surface area contributed by atoms with Crippen LogP contribution in [0.25, 0.3) is 33.2 Å². The van der Waals surface area contributed by atoms with Crippen LogP contribution in [0.15, 0.2) is 41.3 Å². The van der Waals surface area contributed by atoms with Gasteiger partial charge in [-0.3, -0.25) is 19.0 Å². The maximum absolute atomic E-state index is 13.2. The fraction of sp³-hybridized carbons (Fsp3) is 0.517. The minimum Gasteiger partial charge on any atom is -0.381 e. The van der Waals surface area contributed by atoms with E-state index >= 15 is 0 Å². The Hall–Kier alpha value is -3.18. The Kier molecular flexibility index (Phi) is 7.20. The molecule has 0 unspecified atom stereocenters. The van der Waals surface area contributed by atoms with Crippen molar-refractivity contribution in [2.45, 2.75) is 50.5 Å². The average Bonchev–Trinajstić information content (AvgIpc) is 3.50. The molecule has 4 aromatic rings. The Bertz CT molecular complexity index is 1530. The number of imidazole rings is 1. The van der Waals surface area contributed by atoms with Gasteiger partial charge in [-0.05, 0) is 49.9 Å². The van der Waals surface area contributed by atoms with E-state index in [0.717, 1.165) is 72.1 Å². The highest BCUT2D eigenvalue weighted by atomic mass is 16.5. The third-order valence-electron chi connectivity index (χ3n) is 8.41. The number of nitrogens with zero attached hydrogens (tertiary/aromatic N) is 6. The number of ether oxygens (including phenoxy) is 3. The summed E-state index contributed by atoms with van der Waals surface area (Å²) in [5.74, 6) is 0. The molecule has 3 aromatic heterocycles. The summed E-state index contributed by atoms with van der Waals surface area (Å²) in [5, 5.41) is 9.71. The van der Waals surface area contributed by atoms with E-state index < -0.39 is 0 Å². The lowest BCUT2D eigenvalue weighted by Crippen LogP contribution is -2.37. The van der Waals surface area contributed by atoms with Gasteiger partial charge in [0.15, 0.2) is 5.65 Å². The Morgan fingerprint density at radius 1 is 1.05 bits per heavy atom. The monoisotopic (exact) mass is 532 g/mol. The van der Waals surface area contributed by atoms with Crippen LogP contribution in [0, 0.1) is 0 Å². The van der Waals surface area contributed by atoms with E-state index in [1.807, 2.05) is 35.9 Å². The highest BCUT2D eigenvalue weighted by Gasteiger charge is 2.34. The lowest BCUT2D eigenvalue weighted by atomic mass is 9.89. The van der Waals surface area contributed by atoms with Gasteiger partial charge in [0.2, 0.25) is 0 Å². The van der Waals surface area contributed by atoms with Gasteiger partial charge < -0.3 is 14.2 Å². The molecule has 4 heterocycles. The summed E-state index contributed by atoms with van der Waals surface area (Å²) in [4.78, 5) is 20.3. The van der Waals surface area contributed by atoms with Crippen LogP contribution in [-0.4, -0.2) is 81.9 Å². The first-order valence-electron chi connectivity index (χ1n) is 13.7. The number of fused-ring (bicyclic) bond motifs is 3. The van der Waals surface area contributed by atoms with Gasteiger partial charge in [0, 0.05) is 64.1 Å². The molecule has 2 aliphatic rings. The molecule has 1 aliphatic heterocycles. The smallest absolute Gasteiger partial charge is 0.330 e. The van der Waals surface area contributed by atoms with Crippen LogP contribution >= 0.6 is 0 Å². The molecule has 206 valence electrons. The van der Waals surface area contributed by atoms with Crippen molar-refractivity contribution < 1.29 is 14.2 Å². The molecule has 0 spiro atoms. The number of aromatic nitrogens is 5. The number of hydrogen-bond acceptors (Lipinski definition) is 8. The molecule has 6 rings (SSSR count). The van der Waals surface area contributed by atoms with Crippen LogP contribution in [0.2, 0.25) is 0 Å². The van der Waals surface area contributed by atoms with E-state index in [9.17, 15) is 4.79 Å². The van der Waals surface area contributed by atoms with Crippen LogP contribution in [0.1, 0.15) is 44.0 Å². The number of hydrogen-bond donors (Lipinski definition) is 0. The van der Waals surface area contributed by atoms with Gasteiger partial charge in [0.25, 0.3) is 0 Å². The second-order valence-corrected chi connectivity index (χ2v) is 10.7. The van der Waals surface area contributed by atoms with Gasteiger partial charge in [-0.15, -0.1) is 10.2 Å². The molecule has 0 N–H and O–H groups in total. The standard InChI is InChI=1S/C29H36N6O4/c1-18(39-12-11-34-10-9-22(17-34)37-3)25-7-6-20(16-30-25)19-5-8-26-24(13-19)27-28(32-31-26)33(2)29(36)35(27)21-14-23(15-21)38-4/h5-8,13,16,18,21-23H,9-12,14-15,17H2,1-4H3/t18-,21-,22-,23-/m1/s1. The number of likely N-dealkylation sites (tertiary alicyclic amines) is 1. The Labute approximate surface area is 227 Å². The van der Waals surface area contributed by atoms with Gasteiger partial charge in [0.05, 0.1) is 36.1 Å². The zero-order valence-electron chi connectivity index (χ0n) is 23.0. The summed E-state index contributed by atoms with van der Waals surface area (Å²) >= 11 is 0. The molecule has 1 saturated heterocycles. The summed E-state index contributed by atoms with van der Waals surface area (Å²) in [6.45, 7) is 5.62. The predicted octanol–water partition coefficient (Wildman–Crippen LogP) is 3.49. The van der Waals surface area contributed by atoms with E-state index in [-0.39, 0.29) is 23.9 Å². The third kappa shape index (κ3) is 4.86. The molecule has 0 bridgehead atoms. The molecule has 2 fully saturated rings. The van der Waals surface area contributed by atoms with E-state index in [1.54, 1.807) is 25.8 Å². The Morgan fingerprint density at radius 3 is 2.56 bits per heavy atom. The maximum Gasteiger partial charge on any atom is 0.330 e. The van der Waals surface area contributed by atoms with Crippen LogP contribution in [0.5, 0.6) is 0 Å². The number of aryl methyl sites for hydroxylation is 1. The molecule has 1 aromatic carbocycles. The fourth-order valence-electron chi connectivity index (χ4n) is 5.81. The van der Waals surface area contributed by atoms with Crippen molar-refractivity contribution in [1.29, 1.82) is 0 Å². The molecule has 0 amide bonds. The van der Waals surface area contributed by atoms with Gasteiger partial charge in [-0.25, -0.2) is 4.79 Å². The molecular formula is C29H36N6O4. The highest BCUT2D eigenvalue weighted by molar-refractivity contribution is 6.02. The number of benzene rings is 1. The van der Waals surface area contributed by atoms with Gasteiger partial charge in [-0.1, -0.05) is 12.1 Å². The second-order valence-electron chi connectivity index (χ2n) is 10.7. The summed E-state index contributed by atoms with van der Waals surface area (Å²) in [7, 11) is 5.25. The average molecular weight is 533 g/mol. The largest absolute Gasteiger partial charge is 0.381 e. The first kappa shape index (κ1) is 26.1. The summed E-state index contributed by atoms with van der Waals surface area (Å²) in [6, 6.07) is 10.3. The van der Waals surface area contributed by atoms with Crippen molar-refractivity contribution in [3.8, 4) is 11.1 Å². The fourth-order valence-corrected chi connectivity index (χ4v) is 5.81. The van der Waals surface area contributed by atoms with Gasteiger partial charge >= 0.3 is 5.69 Å². The Balaban J connectivity index is 1.22. The minimum absolute atomic E-state index is 0.0694. The van der Waals surface area contributed by atoms with Crippen molar-refractivity contribution in [2.24, 2.45) is 7.05 Å². The molecule has 10 heteroatoms. The third-order valence-corrected chi connectivity index (χ3v) is 8.41.